The fourth-order valence-corrected chi connectivity index (χ4v) is 5.54. The summed E-state index contributed by atoms with van der Waals surface area (Å²) in [5.74, 6) is -0.577. The van der Waals surface area contributed by atoms with Gasteiger partial charge in [-0.15, -0.1) is 0 Å². The lowest BCUT2D eigenvalue weighted by molar-refractivity contribution is -0.141. The summed E-state index contributed by atoms with van der Waals surface area (Å²) in [5, 5.41) is 2.75. The number of unbranched alkanes of at least 4 members (excludes halogenated alkanes) is 1. The molecule has 198 valence electrons. The highest BCUT2D eigenvalue weighted by Crippen LogP contribution is 2.40. The van der Waals surface area contributed by atoms with E-state index in [1.165, 1.54) is 24.3 Å². The van der Waals surface area contributed by atoms with E-state index in [-0.39, 0.29) is 36.0 Å². The van der Waals surface area contributed by atoms with Crippen LogP contribution in [0.5, 0.6) is 0 Å². The number of hydrogen-bond acceptors (Lipinski definition) is 4. The van der Waals surface area contributed by atoms with E-state index >= 15 is 0 Å². The third kappa shape index (κ3) is 5.78. The number of likely N-dealkylation sites (tertiary alicyclic amines) is 1. The number of anilines is 2. The van der Waals surface area contributed by atoms with Crippen LogP contribution in [0.2, 0.25) is 0 Å². The second kappa shape index (κ2) is 11.8. The molecule has 2 saturated heterocycles. The van der Waals surface area contributed by atoms with Crippen LogP contribution in [0.15, 0.2) is 54.6 Å². The number of amides is 3. The van der Waals surface area contributed by atoms with E-state index in [1.807, 2.05) is 35.2 Å². The Morgan fingerprint density at radius 3 is 2.32 bits per heavy atom. The second-order valence-corrected chi connectivity index (χ2v) is 10.1. The average molecular weight is 509 g/mol. The summed E-state index contributed by atoms with van der Waals surface area (Å²) in [6.45, 7) is 5.44. The van der Waals surface area contributed by atoms with Crippen LogP contribution < -0.4 is 10.2 Å². The number of para-hydroxylation sites is 1. The molecule has 7 nitrogen and oxygen atoms in total. The van der Waals surface area contributed by atoms with Crippen molar-refractivity contribution in [2.24, 2.45) is 5.92 Å². The Hall–Kier alpha value is -3.42. The number of rotatable bonds is 9. The summed E-state index contributed by atoms with van der Waals surface area (Å²) in [4.78, 5) is 45.5. The molecule has 2 heterocycles. The molecule has 8 heteroatoms. The van der Waals surface area contributed by atoms with Crippen LogP contribution in [-0.4, -0.2) is 59.4 Å². The lowest BCUT2D eigenvalue weighted by Crippen LogP contribution is -2.58. The number of halogens is 1. The summed E-state index contributed by atoms with van der Waals surface area (Å²) >= 11 is 0. The molecule has 2 aromatic carbocycles. The minimum absolute atomic E-state index is 0.0326. The number of nitrogens with zero attached hydrogens (tertiary/aromatic N) is 3. The molecule has 0 saturated carbocycles. The maximum Gasteiger partial charge on any atom is 0.250 e. The maximum atomic E-state index is 13.9. The fraction of sp³-hybridized carbons (Fsp3) is 0.483. The third-order valence-corrected chi connectivity index (χ3v) is 7.69. The van der Waals surface area contributed by atoms with Crippen molar-refractivity contribution in [1.82, 2.24) is 9.80 Å². The predicted octanol–water partition coefficient (Wildman–Crippen LogP) is 4.65. The van der Waals surface area contributed by atoms with Crippen molar-refractivity contribution in [1.29, 1.82) is 0 Å². The van der Waals surface area contributed by atoms with Gasteiger partial charge >= 0.3 is 0 Å². The van der Waals surface area contributed by atoms with Gasteiger partial charge in [-0.3, -0.25) is 14.4 Å². The predicted molar refractivity (Wildman–Crippen MR) is 142 cm³/mol. The van der Waals surface area contributed by atoms with Gasteiger partial charge in [-0.2, -0.15) is 0 Å². The van der Waals surface area contributed by atoms with E-state index in [0.717, 1.165) is 31.4 Å². The van der Waals surface area contributed by atoms with Gasteiger partial charge in [0.05, 0.1) is 6.67 Å². The minimum atomic E-state index is -0.792. The number of hydrogen-bond donors (Lipinski definition) is 1. The van der Waals surface area contributed by atoms with Crippen molar-refractivity contribution in [3.05, 3.63) is 60.4 Å². The van der Waals surface area contributed by atoms with E-state index in [0.29, 0.717) is 38.3 Å². The Kier molecular flexibility index (Phi) is 8.46. The van der Waals surface area contributed by atoms with Gasteiger partial charge in [0.15, 0.2) is 0 Å². The van der Waals surface area contributed by atoms with E-state index in [4.69, 9.17) is 0 Å². The van der Waals surface area contributed by atoms with E-state index in [2.05, 4.69) is 24.1 Å². The van der Waals surface area contributed by atoms with Crippen LogP contribution in [0.4, 0.5) is 15.8 Å². The minimum Gasteiger partial charge on any atom is -0.342 e. The van der Waals surface area contributed by atoms with Gasteiger partial charge in [-0.05, 0) is 62.1 Å². The van der Waals surface area contributed by atoms with Crippen molar-refractivity contribution in [3.8, 4) is 0 Å². The third-order valence-electron chi connectivity index (χ3n) is 7.69. The molecule has 1 unspecified atom stereocenters. The van der Waals surface area contributed by atoms with Crippen LogP contribution in [0.1, 0.15) is 52.4 Å². The topological polar surface area (TPSA) is 73.0 Å². The lowest BCUT2D eigenvalue weighted by atomic mass is 9.84. The molecule has 1 atom stereocenters. The first-order valence-corrected chi connectivity index (χ1v) is 13.3. The molecule has 0 radical (unpaired) electrons. The number of carbonyl (C=O) groups excluding carboxylic acids is 3. The Morgan fingerprint density at radius 2 is 1.70 bits per heavy atom. The van der Waals surface area contributed by atoms with Crippen LogP contribution in [-0.2, 0) is 14.4 Å². The summed E-state index contributed by atoms with van der Waals surface area (Å²) < 4.78 is 13.2. The zero-order chi connectivity index (χ0) is 26.4. The monoisotopic (exact) mass is 508 g/mol. The standard InChI is InChI=1S/C29H37FN4O3/c1-3-5-9-22(4-2)27(36)32-18-16-29(17-19-32)28(37)33(21-34(29)25-10-7-6-8-11-25)20-26(35)31-24-14-12-23(30)13-15-24/h6-8,10-15,22H,3-5,9,16-21H2,1-2H3,(H,31,35). The molecular formula is C29H37FN4O3. The molecule has 2 aromatic rings. The van der Waals surface area contributed by atoms with Crippen molar-refractivity contribution in [2.45, 2.75) is 57.9 Å². The van der Waals surface area contributed by atoms with Gasteiger partial charge in [0, 0.05) is 30.4 Å². The Bertz CT molecular complexity index is 1080. The van der Waals surface area contributed by atoms with Crippen molar-refractivity contribution in [3.63, 3.8) is 0 Å². The molecule has 4 rings (SSSR count). The molecule has 1 N–H and O–H groups in total. The molecule has 0 aliphatic carbocycles. The van der Waals surface area contributed by atoms with Crippen LogP contribution in [0, 0.1) is 11.7 Å². The van der Waals surface area contributed by atoms with Crippen LogP contribution in [0.3, 0.4) is 0 Å². The van der Waals surface area contributed by atoms with Gasteiger partial charge in [-0.25, -0.2) is 4.39 Å². The molecule has 2 aliphatic heterocycles. The lowest BCUT2D eigenvalue weighted by Gasteiger charge is -2.44. The highest BCUT2D eigenvalue weighted by molar-refractivity contribution is 5.99. The summed E-state index contributed by atoms with van der Waals surface area (Å²) in [7, 11) is 0. The van der Waals surface area contributed by atoms with Gasteiger partial charge in [0.25, 0.3) is 5.91 Å². The van der Waals surface area contributed by atoms with Gasteiger partial charge < -0.3 is 20.0 Å². The molecule has 2 fully saturated rings. The van der Waals surface area contributed by atoms with Gasteiger partial charge in [0.2, 0.25) is 11.8 Å². The van der Waals surface area contributed by atoms with E-state index < -0.39 is 5.54 Å². The fourth-order valence-electron chi connectivity index (χ4n) is 5.54. The van der Waals surface area contributed by atoms with E-state index in [1.54, 1.807) is 4.90 Å². The molecule has 0 bridgehead atoms. The molecular weight excluding hydrogens is 471 g/mol. The Balaban J connectivity index is 1.49. The molecule has 3 amide bonds. The molecule has 37 heavy (non-hydrogen) atoms. The first-order chi connectivity index (χ1) is 17.9. The normalized spacial score (nSPS) is 17.8. The largest absolute Gasteiger partial charge is 0.342 e. The van der Waals surface area contributed by atoms with Crippen LogP contribution >= 0.6 is 0 Å². The average Bonchev–Trinajstić information content (AvgIpc) is 3.17. The molecule has 2 aliphatic rings. The van der Waals surface area contributed by atoms with Crippen molar-refractivity contribution in [2.75, 3.05) is 36.5 Å². The SMILES string of the molecule is CCCCC(CC)C(=O)N1CCC2(CC1)C(=O)N(CC(=O)Nc1ccc(F)cc1)CN2c1ccccc1. The highest BCUT2D eigenvalue weighted by atomic mass is 19.1. The summed E-state index contributed by atoms with van der Waals surface area (Å²) in [6, 6.07) is 15.3. The van der Waals surface area contributed by atoms with Gasteiger partial charge in [0.1, 0.15) is 17.9 Å². The van der Waals surface area contributed by atoms with Crippen molar-refractivity contribution < 1.29 is 18.8 Å². The summed E-state index contributed by atoms with van der Waals surface area (Å²) in [5.41, 5.74) is 0.610. The maximum absolute atomic E-state index is 13.9. The first-order valence-electron chi connectivity index (χ1n) is 13.3. The molecule has 0 aromatic heterocycles. The second-order valence-electron chi connectivity index (χ2n) is 10.1. The van der Waals surface area contributed by atoms with Gasteiger partial charge in [-0.1, -0.05) is 44.9 Å². The van der Waals surface area contributed by atoms with Crippen LogP contribution in [0.25, 0.3) is 0 Å². The summed E-state index contributed by atoms with van der Waals surface area (Å²) in [6.07, 6.45) is 4.88. The number of nitrogens with one attached hydrogen (secondary N) is 1. The first kappa shape index (κ1) is 26.6. The zero-order valence-corrected chi connectivity index (χ0v) is 21.8. The smallest absolute Gasteiger partial charge is 0.250 e. The number of piperidine rings is 1. The Labute approximate surface area is 218 Å². The Morgan fingerprint density at radius 1 is 1.03 bits per heavy atom. The zero-order valence-electron chi connectivity index (χ0n) is 21.8. The quantitative estimate of drug-likeness (QED) is 0.535. The highest BCUT2D eigenvalue weighted by Gasteiger charge is 2.54. The van der Waals surface area contributed by atoms with E-state index in [9.17, 15) is 18.8 Å². The number of benzene rings is 2. The molecule has 1 spiro atoms. The van der Waals surface area contributed by atoms with Crippen molar-refractivity contribution >= 4 is 29.1 Å². The number of carbonyl (C=O) groups is 3.